The van der Waals surface area contributed by atoms with Gasteiger partial charge in [-0.25, -0.2) is 0 Å². The van der Waals surface area contributed by atoms with Gasteiger partial charge in [-0.3, -0.25) is 0 Å². The minimum Gasteiger partial charge on any atom is -0.378 e. The molecule has 1 aromatic carbocycles. The van der Waals surface area contributed by atoms with Crippen LogP contribution in [-0.4, -0.2) is 6.29 Å². The molecule has 1 heterocycles. The maximum Gasteiger partial charge on any atom is 0.146 e. The molecule has 1 aromatic rings. The molecular formula is C11H11NO. The van der Waals surface area contributed by atoms with Crippen molar-refractivity contribution in [2.24, 2.45) is 0 Å². The first-order chi connectivity index (χ1) is 6.31. The SMILES string of the molecule is Cc1ccc2c(c1)C(C=O)NC=C2. The van der Waals surface area contributed by atoms with Gasteiger partial charge in [0.1, 0.15) is 12.3 Å². The van der Waals surface area contributed by atoms with E-state index >= 15 is 0 Å². The Bertz CT molecular complexity index is 368. The summed E-state index contributed by atoms with van der Waals surface area (Å²) >= 11 is 0. The molecule has 1 unspecified atom stereocenters. The molecule has 1 aliphatic rings. The number of carbonyl (C=O) groups is 1. The van der Waals surface area contributed by atoms with Gasteiger partial charge in [0.15, 0.2) is 0 Å². The Balaban J connectivity index is 2.54. The van der Waals surface area contributed by atoms with Crippen LogP contribution in [0.15, 0.2) is 24.4 Å². The van der Waals surface area contributed by atoms with Gasteiger partial charge >= 0.3 is 0 Å². The summed E-state index contributed by atoms with van der Waals surface area (Å²) in [6.45, 7) is 2.03. The first kappa shape index (κ1) is 8.05. The standard InChI is InChI=1S/C11H11NO/c1-8-2-3-9-4-5-12-11(7-13)10(9)6-8/h2-7,11-12H,1H3. The fraction of sp³-hybridized carbons (Fsp3) is 0.182. The molecule has 0 radical (unpaired) electrons. The fourth-order valence-electron chi connectivity index (χ4n) is 1.56. The van der Waals surface area contributed by atoms with E-state index < -0.39 is 0 Å². The lowest BCUT2D eigenvalue weighted by molar-refractivity contribution is -0.109. The largest absolute Gasteiger partial charge is 0.378 e. The Morgan fingerprint density at radius 3 is 3.08 bits per heavy atom. The van der Waals surface area contributed by atoms with Crippen LogP contribution in [0.1, 0.15) is 22.7 Å². The van der Waals surface area contributed by atoms with E-state index in [4.69, 9.17) is 0 Å². The third kappa shape index (κ3) is 1.35. The lowest BCUT2D eigenvalue weighted by atomic mass is 9.97. The number of aryl methyl sites for hydroxylation is 1. The highest BCUT2D eigenvalue weighted by atomic mass is 16.1. The zero-order valence-electron chi connectivity index (χ0n) is 7.45. The van der Waals surface area contributed by atoms with Crippen molar-refractivity contribution in [2.75, 3.05) is 0 Å². The molecule has 0 spiro atoms. The van der Waals surface area contributed by atoms with Crippen LogP contribution >= 0.6 is 0 Å². The normalized spacial score (nSPS) is 19.0. The van der Waals surface area contributed by atoms with Gasteiger partial charge in [0.2, 0.25) is 0 Å². The maximum atomic E-state index is 10.7. The van der Waals surface area contributed by atoms with E-state index in [0.29, 0.717) is 0 Å². The van der Waals surface area contributed by atoms with E-state index in [1.165, 1.54) is 5.56 Å². The number of nitrogens with one attached hydrogen (secondary N) is 1. The van der Waals surface area contributed by atoms with Gasteiger partial charge in [-0.15, -0.1) is 0 Å². The van der Waals surface area contributed by atoms with Gasteiger partial charge in [-0.2, -0.15) is 0 Å². The number of carbonyl (C=O) groups excluding carboxylic acids is 1. The van der Waals surface area contributed by atoms with E-state index in [0.717, 1.165) is 17.4 Å². The maximum absolute atomic E-state index is 10.7. The second-order valence-electron chi connectivity index (χ2n) is 3.25. The average molecular weight is 173 g/mol. The molecule has 1 N–H and O–H groups in total. The predicted molar refractivity (Wildman–Crippen MR) is 52.2 cm³/mol. The molecule has 1 aliphatic heterocycles. The molecule has 0 aliphatic carbocycles. The molecule has 0 saturated heterocycles. The van der Waals surface area contributed by atoms with E-state index in [-0.39, 0.29) is 6.04 Å². The monoisotopic (exact) mass is 173 g/mol. The predicted octanol–water partition coefficient (Wildman–Crippen LogP) is 1.81. The molecule has 13 heavy (non-hydrogen) atoms. The summed E-state index contributed by atoms with van der Waals surface area (Å²) in [6, 6.07) is 5.96. The zero-order valence-corrected chi connectivity index (χ0v) is 7.45. The number of benzene rings is 1. The van der Waals surface area contributed by atoms with Crippen molar-refractivity contribution in [3.05, 3.63) is 41.1 Å². The van der Waals surface area contributed by atoms with Crippen LogP contribution in [0.4, 0.5) is 0 Å². The Labute approximate surface area is 77.3 Å². The van der Waals surface area contributed by atoms with Gasteiger partial charge in [0, 0.05) is 0 Å². The highest BCUT2D eigenvalue weighted by molar-refractivity contribution is 5.70. The van der Waals surface area contributed by atoms with Crippen molar-refractivity contribution >= 4 is 12.4 Å². The molecule has 0 bridgehead atoms. The lowest BCUT2D eigenvalue weighted by Crippen LogP contribution is -2.20. The van der Waals surface area contributed by atoms with E-state index in [1.807, 2.05) is 31.3 Å². The highest BCUT2D eigenvalue weighted by Gasteiger charge is 2.14. The Kier molecular flexibility index (Phi) is 1.89. The summed E-state index contributed by atoms with van der Waals surface area (Å²) < 4.78 is 0. The Morgan fingerprint density at radius 2 is 2.31 bits per heavy atom. The van der Waals surface area contributed by atoms with E-state index in [9.17, 15) is 4.79 Å². The summed E-state index contributed by atoms with van der Waals surface area (Å²) in [6.07, 6.45) is 4.73. The Hall–Kier alpha value is -1.57. The molecule has 66 valence electrons. The van der Waals surface area contributed by atoms with Crippen LogP contribution in [0.2, 0.25) is 0 Å². The van der Waals surface area contributed by atoms with Crippen molar-refractivity contribution < 1.29 is 4.79 Å². The van der Waals surface area contributed by atoms with Crippen LogP contribution in [0.3, 0.4) is 0 Å². The number of hydrogen-bond donors (Lipinski definition) is 1. The van der Waals surface area contributed by atoms with Crippen molar-refractivity contribution in [1.82, 2.24) is 5.32 Å². The minimum atomic E-state index is -0.181. The fourth-order valence-corrected chi connectivity index (χ4v) is 1.56. The minimum absolute atomic E-state index is 0.181. The second-order valence-corrected chi connectivity index (χ2v) is 3.25. The highest BCUT2D eigenvalue weighted by Crippen LogP contribution is 2.22. The van der Waals surface area contributed by atoms with Gasteiger partial charge in [-0.1, -0.05) is 23.8 Å². The molecule has 2 rings (SSSR count). The number of aldehydes is 1. The number of hydrogen-bond acceptors (Lipinski definition) is 2. The molecule has 0 fully saturated rings. The van der Waals surface area contributed by atoms with Gasteiger partial charge in [0.25, 0.3) is 0 Å². The molecule has 0 saturated carbocycles. The summed E-state index contributed by atoms with van der Waals surface area (Å²) in [4.78, 5) is 10.7. The molecular weight excluding hydrogens is 162 g/mol. The van der Waals surface area contributed by atoms with Crippen molar-refractivity contribution in [1.29, 1.82) is 0 Å². The van der Waals surface area contributed by atoms with Gasteiger partial charge in [-0.05, 0) is 30.3 Å². The molecule has 0 aromatic heterocycles. The van der Waals surface area contributed by atoms with Crippen molar-refractivity contribution in [3.63, 3.8) is 0 Å². The first-order valence-corrected chi connectivity index (χ1v) is 4.30. The topological polar surface area (TPSA) is 29.1 Å². The lowest BCUT2D eigenvalue weighted by Gasteiger charge is -2.18. The van der Waals surface area contributed by atoms with Crippen molar-refractivity contribution in [2.45, 2.75) is 13.0 Å². The van der Waals surface area contributed by atoms with Gasteiger partial charge in [0.05, 0.1) is 0 Å². The zero-order chi connectivity index (χ0) is 9.26. The van der Waals surface area contributed by atoms with Crippen LogP contribution in [-0.2, 0) is 4.79 Å². The third-order valence-corrected chi connectivity index (χ3v) is 2.25. The summed E-state index contributed by atoms with van der Waals surface area (Å²) in [5.74, 6) is 0. The van der Waals surface area contributed by atoms with Crippen molar-refractivity contribution in [3.8, 4) is 0 Å². The van der Waals surface area contributed by atoms with Gasteiger partial charge < -0.3 is 10.1 Å². The van der Waals surface area contributed by atoms with Crippen LogP contribution in [0, 0.1) is 6.92 Å². The summed E-state index contributed by atoms with van der Waals surface area (Å²) in [5.41, 5.74) is 3.38. The van der Waals surface area contributed by atoms with Crippen LogP contribution in [0.25, 0.3) is 6.08 Å². The first-order valence-electron chi connectivity index (χ1n) is 4.30. The summed E-state index contributed by atoms with van der Waals surface area (Å²) in [7, 11) is 0. The van der Waals surface area contributed by atoms with Crippen LogP contribution in [0.5, 0.6) is 0 Å². The quantitative estimate of drug-likeness (QED) is 0.656. The summed E-state index contributed by atoms with van der Waals surface area (Å²) in [5, 5.41) is 3.00. The molecule has 1 atom stereocenters. The molecule has 2 nitrogen and oxygen atoms in total. The molecule has 0 amide bonds. The number of fused-ring (bicyclic) bond motifs is 1. The second kappa shape index (κ2) is 3.05. The third-order valence-electron chi connectivity index (χ3n) is 2.25. The molecule has 2 heteroatoms. The number of rotatable bonds is 1. The Morgan fingerprint density at radius 1 is 1.46 bits per heavy atom. The van der Waals surface area contributed by atoms with E-state index in [2.05, 4.69) is 11.4 Å². The van der Waals surface area contributed by atoms with Crippen LogP contribution < -0.4 is 5.32 Å². The van der Waals surface area contributed by atoms with E-state index in [1.54, 1.807) is 0 Å². The average Bonchev–Trinajstić information content (AvgIpc) is 2.17. The smallest absolute Gasteiger partial charge is 0.146 e.